The van der Waals surface area contributed by atoms with Crippen LogP contribution in [0.4, 0.5) is 8.78 Å². The quantitative estimate of drug-likeness (QED) is 0.204. The molecule has 0 fully saturated rings. The highest BCUT2D eigenvalue weighted by molar-refractivity contribution is 5.95. The second kappa shape index (κ2) is 16.1. The summed E-state index contributed by atoms with van der Waals surface area (Å²) in [6.07, 6.45) is 13.0. The van der Waals surface area contributed by atoms with Crippen LogP contribution in [0.5, 0.6) is 11.5 Å². The summed E-state index contributed by atoms with van der Waals surface area (Å²) in [5.74, 6) is -3.52. The van der Waals surface area contributed by atoms with E-state index >= 15 is 0 Å². The number of benzene rings is 2. The molecule has 0 unspecified atom stereocenters. The van der Waals surface area contributed by atoms with Crippen molar-refractivity contribution in [3.05, 3.63) is 47.5 Å². The molecule has 194 valence electrons. The molecule has 35 heavy (non-hydrogen) atoms. The summed E-state index contributed by atoms with van der Waals surface area (Å²) in [4.78, 5) is 11.6. The van der Waals surface area contributed by atoms with E-state index in [0.717, 1.165) is 44.9 Å². The van der Waals surface area contributed by atoms with Gasteiger partial charge in [-0.25, -0.2) is 4.39 Å². The molecule has 0 N–H and O–H groups in total. The van der Waals surface area contributed by atoms with E-state index in [9.17, 15) is 18.7 Å². The molecular weight excluding hydrogens is 450 g/mol. The molecule has 2 aromatic rings. The van der Waals surface area contributed by atoms with Gasteiger partial charge in [-0.3, -0.25) is 0 Å². The Morgan fingerprint density at radius 3 is 1.89 bits per heavy atom. The number of carbonyl (C=O) groups excluding carboxylic acids is 1. The Kier molecular flexibility index (Phi) is 13.2. The first kappa shape index (κ1) is 28.6. The van der Waals surface area contributed by atoms with E-state index in [0.29, 0.717) is 19.0 Å². The van der Waals surface area contributed by atoms with Crippen molar-refractivity contribution in [1.29, 1.82) is 0 Å². The Balaban J connectivity index is 2.05. The van der Waals surface area contributed by atoms with Gasteiger partial charge in [0.25, 0.3) is 0 Å². The second-order valence-corrected chi connectivity index (χ2v) is 8.97. The van der Waals surface area contributed by atoms with Crippen LogP contribution in [0.25, 0.3) is 11.1 Å². The zero-order valence-corrected chi connectivity index (χ0v) is 21.2. The first-order valence-corrected chi connectivity index (χ1v) is 13.1. The number of aromatic carboxylic acids is 1. The maximum Gasteiger partial charge on any atom is 0.201 e. The number of rotatable bonds is 18. The molecule has 0 atom stereocenters. The zero-order chi connectivity index (χ0) is 25.5. The molecule has 0 radical (unpaired) electrons. The molecule has 0 heterocycles. The highest BCUT2D eigenvalue weighted by atomic mass is 19.2. The number of ether oxygens (including phenoxy) is 2. The third kappa shape index (κ3) is 9.50. The monoisotopic (exact) mass is 489 g/mol. The van der Waals surface area contributed by atoms with Crippen molar-refractivity contribution in [2.24, 2.45) is 0 Å². The first-order chi connectivity index (χ1) is 17.0. The zero-order valence-electron chi connectivity index (χ0n) is 21.2. The van der Waals surface area contributed by atoms with Crippen molar-refractivity contribution in [1.82, 2.24) is 0 Å². The summed E-state index contributed by atoms with van der Waals surface area (Å²) in [7, 11) is 0. The van der Waals surface area contributed by atoms with Crippen LogP contribution < -0.4 is 14.6 Å². The van der Waals surface area contributed by atoms with Gasteiger partial charge in [0.15, 0.2) is 11.6 Å². The van der Waals surface area contributed by atoms with Gasteiger partial charge in [0.1, 0.15) is 5.75 Å². The Hall–Kier alpha value is -2.63. The van der Waals surface area contributed by atoms with Crippen LogP contribution in [0.2, 0.25) is 0 Å². The van der Waals surface area contributed by atoms with E-state index in [2.05, 4.69) is 13.8 Å². The third-order valence-corrected chi connectivity index (χ3v) is 6.07. The van der Waals surface area contributed by atoms with Gasteiger partial charge >= 0.3 is 0 Å². The highest BCUT2D eigenvalue weighted by Gasteiger charge is 2.19. The smallest absolute Gasteiger partial charge is 0.201 e. The van der Waals surface area contributed by atoms with Crippen LogP contribution in [0.15, 0.2) is 30.3 Å². The molecule has 0 aliphatic heterocycles. The number of carboxylic acids is 1. The summed E-state index contributed by atoms with van der Waals surface area (Å²) in [5, 5.41) is 11.6. The van der Waals surface area contributed by atoms with Crippen molar-refractivity contribution >= 4 is 5.97 Å². The van der Waals surface area contributed by atoms with Crippen LogP contribution in [-0.2, 0) is 0 Å². The van der Waals surface area contributed by atoms with Crippen molar-refractivity contribution in [3.8, 4) is 22.6 Å². The maximum absolute atomic E-state index is 15.0. The molecule has 4 nitrogen and oxygen atoms in total. The average Bonchev–Trinajstić information content (AvgIpc) is 2.85. The van der Waals surface area contributed by atoms with E-state index in [1.165, 1.54) is 62.4 Å². The van der Waals surface area contributed by atoms with E-state index in [-0.39, 0.29) is 22.4 Å². The summed E-state index contributed by atoms with van der Waals surface area (Å²) in [6, 6.07) is 6.93. The lowest BCUT2D eigenvalue weighted by Gasteiger charge is -2.16. The van der Waals surface area contributed by atoms with Crippen molar-refractivity contribution in [3.63, 3.8) is 0 Å². The molecular formula is C29H39F2O4-. The molecule has 0 saturated carbocycles. The molecule has 0 amide bonds. The van der Waals surface area contributed by atoms with Crippen LogP contribution in [0, 0.1) is 11.6 Å². The summed E-state index contributed by atoms with van der Waals surface area (Å²) in [5.41, 5.74) is -0.376. The van der Waals surface area contributed by atoms with E-state index in [1.807, 2.05) is 0 Å². The molecule has 0 aliphatic rings. The fourth-order valence-electron chi connectivity index (χ4n) is 4.00. The summed E-state index contributed by atoms with van der Waals surface area (Å²) < 4.78 is 40.9. The fraction of sp³-hybridized carbons (Fsp3) is 0.552. The molecule has 0 aromatic heterocycles. The van der Waals surface area contributed by atoms with Gasteiger partial charge in [-0.1, -0.05) is 78.1 Å². The van der Waals surface area contributed by atoms with E-state index in [4.69, 9.17) is 9.47 Å². The van der Waals surface area contributed by atoms with Crippen LogP contribution in [0.3, 0.4) is 0 Å². The van der Waals surface area contributed by atoms with Crippen LogP contribution in [0.1, 0.15) is 101 Å². The highest BCUT2D eigenvalue weighted by Crippen LogP contribution is 2.34. The number of unbranched alkanes of at least 4 members (excludes halogenated alkanes) is 10. The van der Waals surface area contributed by atoms with Gasteiger partial charge in [-0.05, 0) is 48.7 Å². The number of hydrogen-bond acceptors (Lipinski definition) is 4. The standard InChI is InChI=1S/C29H40F2O4/c1-3-5-7-9-11-13-19-34-22-15-16-24(29(32)33)25(21-22)23-17-18-26(28(31)27(23)30)35-20-14-12-10-8-6-4-2/h15-18,21H,3-14,19-20H2,1-2H3,(H,32,33)/p-1. The van der Waals surface area contributed by atoms with Crippen molar-refractivity contribution < 1.29 is 28.2 Å². The van der Waals surface area contributed by atoms with Gasteiger partial charge in [-0.15, -0.1) is 0 Å². The lowest BCUT2D eigenvalue weighted by atomic mass is 9.98. The van der Waals surface area contributed by atoms with Gasteiger partial charge in [0.05, 0.1) is 19.2 Å². The van der Waals surface area contributed by atoms with E-state index < -0.39 is 17.6 Å². The largest absolute Gasteiger partial charge is 0.545 e. The molecule has 2 rings (SSSR count). The van der Waals surface area contributed by atoms with Crippen LogP contribution in [-0.4, -0.2) is 19.2 Å². The minimum atomic E-state index is -1.47. The van der Waals surface area contributed by atoms with Gasteiger partial charge in [-0.2, -0.15) is 4.39 Å². The Bertz CT molecular complexity index is 914. The molecule has 6 heteroatoms. The van der Waals surface area contributed by atoms with Crippen molar-refractivity contribution in [2.45, 2.75) is 90.9 Å². The second-order valence-electron chi connectivity index (χ2n) is 8.97. The predicted molar refractivity (Wildman–Crippen MR) is 134 cm³/mol. The lowest BCUT2D eigenvalue weighted by molar-refractivity contribution is -0.254. The maximum atomic E-state index is 15.0. The van der Waals surface area contributed by atoms with Crippen molar-refractivity contribution in [2.75, 3.05) is 13.2 Å². The predicted octanol–water partition coefficient (Wildman–Crippen LogP) is 7.47. The summed E-state index contributed by atoms with van der Waals surface area (Å²) >= 11 is 0. The minimum absolute atomic E-state index is 0.0179. The van der Waals surface area contributed by atoms with Gasteiger partial charge in [0.2, 0.25) is 5.82 Å². The van der Waals surface area contributed by atoms with Gasteiger partial charge < -0.3 is 19.4 Å². The Morgan fingerprint density at radius 1 is 0.714 bits per heavy atom. The normalized spacial score (nSPS) is 11.0. The minimum Gasteiger partial charge on any atom is -0.545 e. The van der Waals surface area contributed by atoms with Gasteiger partial charge in [0, 0.05) is 11.1 Å². The molecule has 0 saturated heterocycles. The van der Waals surface area contributed by atoms with Crippen LogP contribution >= 0.6 is 0 Å². The molecule has 0 bridgehead atoms. The number of carboxylic acid groups (broad SMARTS) is 1. The Morgan fingerprint density at radius 2 is 1.29 bits per heavy atom. The molecule has 0 aliphatic carbocycles. The average molecular weight is 490 g/mol. The molecule has 2 aromatic carbocycles. The summed E-state index contributed by atoms with van der Waals surface area (Å²) in [6.45, 7) is 5.09. The Labute approximate surface area is 208 Å². The topological polar surface area (TPSA) is 58.6 Å². The third-order valence-electron chi connectivity index (χ3n) is 6.07. The van der Waals surface area contributed by atoms with E-state index in [1.54, 1.807) is 0 Å². The first-order valence-electron chi connectivity index (χ1n) is 13.1. The fourth-order valence-corrected chi connectivity index (χ4v) is 4.00. The number of carbonyl (C=O) groups is 1. The SMILES string of the molecule is CCCCCCCCOc1ccc(C(=O)[O-])c(-c2ccc(OCCCCCCCC)c(F)c2F)c1. The molecule has 0 spiro atoms. The lowest BCUT2D eigenvalue weighted by Crippen LogP contribution is -2.23. The number of halogens is 2. The number of hydrogen-bond donors (Lipinski definition) is 0.